The zero-order chi connectivity index (χ0) is 16.4. The summed E-state index contributed by atoms with van der Waals surface area (Å²) in [4.78, 5) is 12.7. The average molecular weight is 319 g/mol. The van der Waals surface area contributed by atoms with Crippen LogP contribution in [-0.4, -0.2) is 22.7 Å². The molecule has 2 aromatic carbocycles. The number of aromatic amines is 1. The van der Waals surface area contributed by atoms with Gasteiger partial charge in [-0.15, -0.1) is 0 Å². The second-order valence-corrected chi connectivity index (χ2v) is 5.76. The lowest BCUT2D eigenvalue weighted by molar-refractivity contribution is -0.128. The first-order valence-electron chi connectivity index (χ1n) is 7.91. The van der Waals surface area contributed by atoms with Gasteiger partial charge in [-0.2, -0.15) is 5.10 Å². The van der Waals surface area contributed by atoms with E-state index < -0.39 is 6.10 Å². The number of carbonyl (C=O) groups excluding carboxylic acids is 1. The molecule has 1 amide bonds. The van der Waals surface area contributed by atoms with E-state index >= 15 is 0 Å². The van der Waals surface area contributed by atoms with Crippen molar-refractivity contribution < 1.29 is 9.53 Å². The lowest BCUT2D eigenvalue weighted by atomic mass is 9.97. The van der Waals surface area contributed by atoms with Crippen LogP contribution in [0.1, 0.15) is 17.2 Å². The van der Waals surface area contributed by atoms with Gasteiger partial charge >= 0.3 is 0 Å². The molecule has 5 nitrogen and oxygen atoms in total. The maximum absolute atomic E-state index is 12.7. The predicted octanol–water partition coefficient (Wildman–Crippen LogP) is 3.33. The second kappa shape index (κ2) is 6.29. The van der Waals surface area contributed by atoms with Crippen LogP contribution in [0.25, 0.3) is 11.1 Å². The summed E-state index contributed by atoms with van der Waals surface area (Å²) in [5, 5.41) is 9.71. The highest BCUT2D eigenvalue weighted by Crippen LogP contribution is 2.29. The number of hydrogen-bond acceptors (Lipinski definition) is 3. The molecule has 120 valence electrons. The van der Waals surface area contributed by atoms with Gasteiger partial charge in [0, 0.05) is 17.4 Å². The van der Waals surface area contributed by atoms with E-state index in [0.29, 0.717) is 6.61 Å². The van der Waals surface area contributed by atoms with E-state index in [1.807, 2.05) is 48.7 Å². The fourth-order valence-corrected chi connectivity index (χ4v) is 3.00. The molecule has 24 heavy (non-hydrogen) atoms. The minimum atomic E-state index is -0.562. The van der Waals surface area contributed by atoms with Crippen molar-refractivity contribution in [3.63, 3.8) is 0 Å². The van der Waals surface area contributed by atoms with Crippen LogP contribution in [0.5, 0.6) is 0 Å². The minimum Gasteiger partial charge on any atom is -0.363 e. The van der Waals surface area contributed by atoms with Gasteiger partial charge in [0.1, 0.15) is 0 Å². The third-order valence-electron chi connectivity index (χ3n) is 4.19. The smallest absolute Gasteiger partial charge is 0.258 e. The Bertz CT molecular complexity index is 859. The van der Waals surface area contributed by atoms with E-state index in [2.05, 4.69) is 21.6 Å². The van der Waals surface area contributed by atoms with Crippen LogP contribution in [0.15, 0.2) is 60.9 Å². The van der Waals surface area contributed by atoms with Gasteiger partial charge in [0.2, 0.25) is 0 Å². The minimum absolute atomic E-state index is 0.147. The lowest BCUT2D eigenvalue weighted by Gasteiger charge is -2.25. The number of carbonyl (C=O) groups is 1. The summed E-state index contributed by atoms with van der Waals surface area (Å²) < 4.78 is 5.71. The number of fused-ring (bicyclic) bond motifs is 1. The van der Waals surface area contributed by atoms with Crippen molar-refractivity contribution in [1.82, 2.24) is 10.2 Å². The number of hydrogen-bond donors (Lipinski definition) is 2. The molecule has 0 aliphatic carbocycles. The molecule has 0 fully saturated rings. The van der Waals surface area contributed by atoms with Crippen molar-refractivity contribution >= 4 is 11.6 Å². The number of ether oxygens (including phenoxy) is 1. The molecule has 1 aliphatic rings. The number of anilines is 1. The molecule has 1 aromatic heterocycles. The first-order chi connectivity index (χ1) is 11.8. The molecular formula is C19H17N3O2. The van der Waals surface area contributed by atoms with Gasteiger partial charge in [0.05, 0.1) is 12.8 Å². The highest BCUT2D eigenvalue weighted by atomic mass is 16.5. The molecule has 0 bridgehead atoms. The van der Waals surface area contributed by atoms with Crippen LogP contribution in [0, 0.1) is 0 Å². The normalized spacial score (nSPS) is 16.4. The van der Waals surface area contributed by atoms with Crippen molar-refractivity contribution in [2.45, 2.75) is 12.5 Å². The first-order valence-corrected chi connectivity index (χ1v) is 7.91. The molecule has 0 saturated heterocycles. The SMILES string of the molecule is O=C(Nc1cccc(-c2cn[nH]c2)c1)C1OCCc2ccccc21. The second-order valence-electron chi connectivity index (χ2n) is 5.76. The summed E-state index contributed by atoms with van der Waals surface area (Å²) in [7, 11) is 0. The van der Waals surface area contributed by atoms with E-state index in [0.717, 1.165) is 28.8 Å². The van der Waals surface area contributed by atoms with Gasteiger partial charge in [-0.3, -0.25) is 9.89 Å². The zero-order valence-corrected chi connectivity index (χ0v) is 13.0. The molecular weight excluding hydrogens is 302 g/mol. The Kier molecular flexibility index (Phi) is 3.84. The van der Waals surface area contributed by atoms with Crippen LogP contribution in [0.3, 0.4) is 0 Å². The Balaban J connectivity index is 1.56. The topological polar surface area (TPSA) is 67.0 Å². The number of nitrogens with one attached hydrogen (secondary N) is 2. The number of aromatic nitrogens is 2. The molecule has 2 heterocycles. The number of rotatable bonds is 3. The molecule has 3 aromatic rings. The van der Waals surface area contributed by atoms with E-state index in [-0.39, 0.29) is 5.91 Å². The van der Waals surface area contributed by atoms with Gasteiger partial charge in [0.25, 0.3) is 5.91 Å². The Labute approximate surface area is 139 Å². The van der Waals surface area contributed by atoms with Crippen LogP contribution < -0.4 is 5.32 Å². The number of amides is 1. The van der Waals surface area contributed by atoms with Gasteiger partial charge in [-0.1, -0.05) is 36.4 Å². The fraction of sp³-hybridized carbons (Fsp3) is 0.158. The highest BCUT2D eigenvalue weighted by Gasteiger charge is 2.27. The maximum atomic E-state index is 12.7. The first kappa shape index (κ1) is 14.7. The summed E-state index contributed by atoms with van der Waals surface area (Å²) >= 11 is 0. The quantitative estimate of drug-likeness (QED) is 0.778. The summed E-state index contributed by atoms with van der Waals surface area (Å²) in [5.74, 6) is -0.147. The molecule has 5 heteroatoms. The molecule has 0 spiro atoms. The van der Waals surface area contributed by atoms with Crippen LogP contribution >= 0.6 is 0 Å². The van der Waals surface area contributed by atoms with Gasteiger partial charge in [-0.25, -0.2) is 0 Å². The summed E-state index contributed by atoms with van der Waals surface area (Å²) in [6.07, 6.45) is 3.85. The summed E-state index contributed by atoms with van der Waals surface area (Å²) in [6.45, 7) is 0.560. The van der Waals surface area contributed by atoms with Gasteiger partial charge < -0.3 is 10.1 Å². The van der Waals surface area contributed by atoms with Crippen molar-refractivity contribution in [1.29, 1.82) is 0 Å². The Hall–Kier alpha value is -2.92. The van der Waals surface area contributed by atoms with Crippen molar-refractivity contribution in [2.75, 3.05) is 11.9 Å². The van der Waals surface area contributed by atoms with Crippen LogP contribution in [-0.2, 0) is 16.0 Å². The Morgan fingerprint density at radius 1 is 1.17 bits per heavy atom. The van der Waals surface area contributed by atoms with E-state index in [4.69, 9.17) is 4.74 Å². The Morgan fingerprint density at radius 3 is 2.96 bits per heavy atom. The maximum Gasteiger partial charge on any atom is 0.258 e. The Morgan fingerprint density at radius 2 is 2.08 bits per heavy atom. The molecule has 4 rings (SSSR count). The van der Waals surface area contributed by atoms with Crippen molar-refractivity contribution in [2.24, 2.45) is 0 Å². The number of benzene rings is 2. The van der Waals surface area contributed by atoms with Crippen LogP contribution in [0.2, 0.25) is 0 Å². The van der Waals surface area contributed by atoms with E-state index in [9.17, 15) is 4.79 Å². The highest BCUT2D eigenvalue weighted by molar-refractivity contribution is 5.95. The summed E-state index contributed by atoms with van der Waals surface area (Å²) in [5.41, 5.74) is 4.84. The summed E-state index contributed by atoms with van der Waals surface area (Å²) in [6, 6.07) is 15.6. The van der Waals surface area contributed by atoms with Gasteiger partial charge in [0.15, 0.2) is 6.10 Å². The van der Waals surface area contributed by atoms with Gasteiger partial charge in [-0.05, 0) is 35.2 Å². The number of H-pyrrole nitrogens is 1. The molecule has 1 unspecified atom stereocenters. The lowest BCUT2D eigenvalue weighted by Crippen LogP contribution is -2.28. The molecule has 1 atom stereocenters. The average Bonchev–Trinajstić information content (AvgIpc) is 3.16. The van der Waals surface area contributed by atoms with Crippen molar-refractivity contribution in [3.8, 4) is 11.1 Å². The standard InChI is InChI=1S/C19H17N3O2/c23-19(18-17-7-2-1-4-13(17)8-9-24-18)22-16-6-3-5-14(10-16)15-11-20-21-12-15/h1-7,10-12,18H,8-9H2,(H,20,21)(H,22,23). The molecule has 2 N–H and O–H groups in total. The molecule has 0 saturated carbocycles. The zero-order valence-electron chi connectivity index (χ0n) is 13.0. The predicted molar refractivity (Wildman–Crippen MR) is 91.5 cm³/mol. The van der Waals surface area contributed by atoms with E-state index in [1.54, 1.807) is 6.20 Å². The third-order valence-corrected chi connectivity index (χ3v) is 4.19. The van der Waals surface area contributed by atoms with E-state index in [1.165, 1.54) is 5.56 Å². The third kappa shape index (κ3) is 2.81. The fourth-order valence-electron chi connectivity index (χ4n) is 3.00. The van der Waals surface area contributed by atoms with Crippen LogP contribution in [0.4, 0.5) is 5.69 Å². The van der Waals surface area contributed by atoms with Crippen molar-refractivity contribution in [3.05, 3.63) is 72.1 Å². The largest absolute Gasteiger partial charge is 0.363 e. The number of nitrogens with zero attached hydrogens (tertiary/aromatic N) is 1. The monoisotopic (exact) mass is 319 g/mol. The molecule has 1 aliphatic heterocycles. The molecule has 0 radical (unpaired) electrons.